The molecule has 0 aliphatic heterocycles. The van der Waals surface area contributed by atoms with Gasteiger partial charge in [0.25, 0.3) is 0 Å². The molecule has 2 aromatic carbocycles. The molecule has 2 aromatic rings. The first kappa shape index (κ1) is 21.2. The summed E-state index contributed by atoms with van der Waals surface area (Å²) < 4.78 is 49.0. The van der Waals surface area contributed by atoms with E-state index in [9.17, 15) is 13.2 Å². The van der Waals surface area contributed by atoms with E-state index in [-0.39, 0.29) is 5.02 Å². The Morgan fingerprint density at radius 1 is 0.926 bits per heavy atom. The molecule has 148 valence electrons. The molecule has 0 fully saturated rings. The molecule has 0 aliphatic carbocycles. The number of nitrogens with one attached hydrogen (secondary N) is 2. The second-order valence-corrected chi connectivity index (χ2v) is 6.22. The number of methoxy groups -OCH3 is 2. The van der Waals surface area contributed by atoms with Gasteiger partial charge >= 0.3 is 6.18 Å². The standard InChI is InChI=1S/C19H22ClF3N2O2/c1-26-17-6-3-13(11-18(17)27-2)7-8-24-9-10-25-14-4-5-16(20)15(12-14)19(21,22)23/h3-6,11-12,24-25H,7-10H2,1-2H3. The van der Waals surface area contributed by atoms with Crippen LogP contribution in [0, 0.1) is 0 Å². The molecule has 0 unspecified atom stereocenters. The molecule has 0 radical (unpaired) electrons. The largest absolute Gasteiger partial charge is 0.493 e. The number of benzene rings is 2. The Bertz CT molecular complexity index is 754. The number of anilines is 1. The summed E-state index contributed by atoms with van der Waals surface area (Å²) >= 11 is 5.61. The zero-order chi connectivity index (χ0) is 19.9. The van der Waals surface area contributed by atoms with Crippen LogP contribution in [0.25, 0.3) is 0 Å². The summed E-state index contributed by atoms with van der Waals surface area (Å²) in [6.07, 6.45) is -3.67. The van der Waals surface area contributed by atoms with Gasteiger partial charge in [0.2, 0.25) is 0 Å². The van der Waals surface area contributed by atoms with Crippen LogP contribution in [0.5, 0.6) is 11.5 Å². The summed E-state index contributed by atoms with van der Waals surface area (Å²) in [6.45, 7) is 1.83. The first-order valence-corrected chi connectivity index (χ1v) is 8.75. The molecule has 0 saturated heterocycles. The molecule has 0 bridgehead atoms. The minimum atomic E-state index is -4.47. The molecule has 4 nitrogen and oxygen atoms in total. The van der Waals surface area contributed by atoms with E-state index in [1.165, 1.54) is 12.1 Å². The van der Waals surface area contributed by atoms with Crippen LogP contribution in [0.3, 0.4) is 0 Å². The Morgan fingerprint density at radius 2 is 1.67 bits per heavy atom. The highest BCUT2D eigenvalue weighted by Gasteiger charge is 2.33. The summed E-state index contributed by atoms with van der Waals surface area (Å²) in [6, 6.07) is 9.54. The van der Waals surface area contributed by atoms with Crippen LogP contribution in [0.2, 0.25) is 5.02 Å². The Balaban J connectivity index is 1.75. The van der Waals surface area contributed by atoms with E-state index in [2.05, 4.69) is 10.6 Å². The van der Waals surface area contributed by atoms with Gasteiger partial charge in [0.05, 0.1) is 24.8 Å². The normalized spacial score (nSPS) is 11.3. The van der Waals surface area contributed by atoms with Crippen LogP contribution in [0.1, 0.15) is 11.1 Å². The number of rotatable bonds is 9. The quantitative estimate of drug-likeness (QED) is 0.601. The van der Waals surface area contributed by atoms with Crippen molar-refractivity contribution in [2.75, 3.05) is 39.2 Å². The Labute approximate surface area is 161 Å². The third-order valence-corrected chi connectivity index (χ3v) is 4.27. The molecule has 0 spiro atoms. The van der Waals surface area contributed by atoms with Crippen molar-refractivity contribution in [1.82, 2.24) is 5.32 Å². The molecule has 0 amide bonds. The molecule has 0 saturated carbocycles. The van der Waals surface area contributed by atoms with E-state index in [4.69, 9.17) is 21.1 Å². The van der Waals surface area contributed by atoms with E-state index in [1.54, 1.807) is 14.2 Å². The maximum atomic E-state index is 12.8. The highest BCUT2D eigenvalue weighted by atomic mass is 35.5. The average Bonchev–Trinajstić information content (AvgIpc) is 2.64. The lowest BCUT2D eigenvalue weighted by Crippen LogP contribution is -2.24. The molecular weight excluding hydrogens is 381 g/mol. The second kappa shape index (κ2) is 9.71. The van der Waals surface area contributed by atoms with Crippen molar-refractivity contribution in [3.05, 3.63) is 52.5 Å². The van der Waals surface area contributed by atoms with Crippen molar-refractivity contribution in [3.63, 3.8) is 0 Å². The van der Waals surface area contributed by atoms with E-state index in [0.717, 1.165) is 24.6 Å². The number of halogens is 4. The molecule has 0 aliphatic rings. The molecule has 27 heavy (non-hydrogen) atoms. The lowest BCUT2D eigenvalue weighted by atomic mass is 10.1. The molecule has 0 aromatic heterocycles. The minimum Gasteiger partial charge on any atom is -0.493 e. The third kappa shape index (κ3) is 6.22. The summed E-state index contributed by atoms with van der Waals surface area (Å²) in [7, 11) is 3.18. The molecule has 0 atom stereocenters. The number of hydrogen-bond donors (Lipinski definition) is 2. The Kier molecular flexibility index (Phi) is 7.62. The van der Waals surface area contributed by atoms with Crippen molar-refractivity contribution in [2.45, 2.75) is 12.6 Å². The van der Waals surface area contributed by atoms with Gasteiger partial charge in [0.1, 0.15) is 0 Å². The van der Waals surface area contributed by atoms with Crippen molar-refractivity contribution in [3.8, 4) is 11.5 Å². The fourth-order valence-electron chi connectivity index (χ4n) is 2.54. The van der Waals surface area contributed by atoms with Crippen LogP contribution in [0.4, 0.5) is 18.9 Å². The summed E-state index contributed by atoms with van der Waals surface area (Å²) in [5.74, 6) is 1.36. The lowest BCUT2D eigenvalue weighted by molar-refractivity contribution is -0.137. The van der Waals surface area contributed by atoms with Gasteiger partial charge in [-0.3, -0.25) is 0 Å². The SMILES string of the molecule is COc1ccc(CCNCCNc2ccc(Cl)c(C(F)(F)F)c2)cc1OC. The van der Waals surface area contributed by atoms with E-state index < -0.39 is 11.7 Å². The lowest BCUT2D eigenvalue weighted by Gasteiger charge is -2.13. The fourth-order valence-corrected chi connectivity index (χ4v) is 2.77. The van der Waals surface area contributed by atoms with Gasteiger partial charge in [-0.25, -0.2) is 0 Å². The molecule has 2 N–H and O–H groups in total. The Hall–Kier alpha value is -2.12. The van der Waals surface area contributed by atoms with E-state index in [1.807, 2.05) is 18.2 Å². The zero-order valence-electron chi connectivity index (χ0n) is 15.1. The second-order valence-electron chi connectivity index (χ2n) is 5.81. The zero-order valence-corrected chi connectivity index (χ0v) is 15.9. The van der Waals surface area contributed by atoms with Crippen LogP contribution in [-0.2, 0) is 12.6 Å². The van der Waals surface area contributed by atoms with E-state index in [0.29, 0.717) is 30.3 Å². The highest BCUT2D eigenvalue weighted by molar-refractivity contribution is 6.31. The predicted octanol–water partition coefficient (Wildman–Crippen LogP) is 4.62. The first-order valence-electron chi connectivity index (χ1n) is 8.37. The average molecular weight is 403 g/mol. The van der Waals surface area contributed by atoms with Gasteiger partial charge in [-0.15, -0.1) is 0 Å². The summed E-state index contributed by atoms with van der Waals surface area (Å²) in [5.41, 5.74) is 0.643. The van der Waals surface area contributed by atoms with Gasteiger partial charge in [-0.2, -0.15) is 13.2 Å². The molecule has 0 heterocycles. The topological polar surface area (TPSA) is 42.5 Å². The first-order chi connectivity index (χ1) is 12.8. The van der Waals surface area contributed by atoms with E-state index >= 15 is 0 Å². The Morgan fingerprint density at radius 3 is 2.33 bits per heavy atom. The molecular formula is C19H22ClF3N2O2. The number of ether oxygens (including phenoxy) is 2. The highest BCUT2D eigenvalue weighted by Crippen LogP contribution is 2.36. The maximum absolute atomic E-state index is 12.8. The van der Waals surface area contributed by atoms with Crippen molar-refractivity contribution in [2.24, 2.45) is 0 Å². The summed E-state index contributed by atoms with van der Waals surface area (Å²) in [4.78, 5) is 0. The summed E-state index contributed by atoms with van der Waals surface area (Å²) in [5, 5.41) is 5.90. The van der Waals surface area contributed by atoms with Gasteiger partial charge in [-0.05, 0) is 48.9 Å². The number of hydrogen-bond acceptors (Lipinski definition) is 4. The predicted molar refractivity (Wildman–Crippen MR) is 101 cm³/mol. The van der Waals surface area contributed by atoms with Gasteiger partial charge < -0.3 is 20.1 Å². The van der Waals surface area contributed by atoms with Crippen LogP contribution >= 0.6 is 11.6 Å². The van der Waals surface area contributed by atoms with Crippen LogP contribution in [0.15, 0.2) is 36.4 Å². The van der Waals surface area contributed by atoms with Crippen molar-refractivity contribution in [1.29, 1.82) is 0 Å². The van der Waals surface area contributed by atoms with Gasteiger partial charge in [-0.1, -0.05) is 17.7 Å². The molecule has 8 heteroatoms. The number of alkyl halides is 3. The van der Waals surface area contributed by atoms with Crippen LogP contribution in [-0.4, -0.2) is 33.9 Å². The monoisotopic (exact) mass is 402 g/mol. The maximum Gasteiger partial charge on any atom is 0.417 e. The van der Waals surface area contributed by atoms with Crippen molar-refractivity contribution < 1.29 is 22.6 Å². The van der Waals surface area contributed by atoms with Gasteiger partial charge in [0, 0.05) is 18.8 Å². The van der Waals surface area contributed by atoms with Crippen LogP contribution < -0.4 is 20.1 Å². The minimum absolute atomic E-state index is 0.305. The smallest absolute Gasteiger partial charge is 0.417 e. The fraction of sp³-hybridized carbons (Fsp3) is 0.368. The third-order valence-electron chi connectivity index (χ3n) is 3.94. The van der Waals surface area contributed by atoms with Gasteiger partial charge in [0.15, 0.2) is 11.5 Å². The molecule has 2 rings (SSSR count). The van der Waals surface area contributed by atoms with Crippen molar-refractivity contribution >= 4 is 17.3 Å².